The first-order chi connectivity index (χ1) is 14.6. The molecule has 0 aromatic heterocycles. The van der Waals surface area contributed by atoms with Gasteiger partial charge < -0.3 is 14.9 Å². The van der Waals surface area contributed by atoms with Crippen molar-refractivity contribution in [1.82, 2.24) is 9.80 Å². The van der Waals surface area contributed by atoms with Crippen LogP contribution in [-0.2, 0) is 10.2 Å². The quantitative estimate of drug-likeness (QED) is 0.822. The molecule has 5 heteroatoms. The van der Waals surface area contributed by atoms with Crippen LogP contribution in [0.2, 0.25) is 0 Å². The van der Waals surface area contributed by atoms with Gasteiger partial charge in [0, 0.05) is 31.7 Å². The van der Waals surface area contributed by atoms with E-state index in [0.717, 1.165) is 11.1 Å². The summed E-state index contributed by atoms with van der Waals surface area (Å²) in [6.45, 7) is 10.7. The molecule has 1 saturated carbocycles. The summed E-state index contributed by atoms with van der Waals surface area (Å²) < 4.78 is 0. The highest BCUT2D eigenvalue weighted by atomic mass is 16.3. The van der Waals surface area contributed by atoms with Gasteiger partial charge in [0.15, 0.2) is 0 Å². The summed E-state index contributed by atoms with van der Waals surface area (Å²) in [6, 6.07) is 14.4. The van der Waals surface area contributed by atoms with Gasteiger partial charge in [-0.1, -0.05) is 56.7 Å². The summed E-state index contributed by atoms with van der Waals surface area (Å²) in [5.74, 6) is -0.194. The van der Waals surface area contributed by atoms with E-state index in [0.29, 0.717) is 44.6 Å². The van der Waals surface area contributed by atoms with E-state index >= 15 is 0 Å². The Morgan fingerprint density at radius 1 is 0.871 bits per heavy atom. The van der Waals surface area contributed by atoms with E-state index in [1.807, 2.05) is 24.3 Å². The minimum Gasteiger partial charge on any atom is -0.380 e. The Balaban J connectivity index is 1.44. The highest BCUT2D eigenvalue weighted by molar-refractivity contribution is 5.95. The molecule has 0 atom stereocenters. The van der Waals surface area contributed by atoms with Gasteiger partial charge in [0.2, 0.25) is 0 Å². The lowest BCUT2D eigenvalue weighted by molar-refractivity contribution is -0.143. The Morgan fingerprint density at radius 2 is 1.45 bits per heavy atom. The molecule has 2 aromatic rings. The number of carbonyl (C=O) groups is 2. The zero-order valence-electron chi connectivity index (χ0n) is 18.9. The molecule has 1 aliphatic heterocycles. The molecule has 164 valence electrons. The van der Waals surface area contributed by atoms with Crippen LogP contribution in [0.25, 0.3) is 11.1 Å². The van der Waals surface area contributed by atoms with Gasteiger partial charge in [0.05, 0.1) is 0 Å². The number of aryl methyl sites for hydroxylation is 1. The van der Waals surface area contributed by atoms with E-state index in [1.54, 1.807) is 9.80 Å². The van der Waals surface area contributed by atoms with Crippen molar-refractivity contribution in [2.24, 2.45) is 0 Å². The maximum atomic E-state index is 12.9. The Hall–Kier alpha value is -2.66. The Bertz CT molecular complexity index is 992. The van der Waals surface area contributed by atoms with Crippen LogP contribution < -0.4 is 0 Å². The molecule has 4 rings (SSSR count). The third-order valence-electron chi connectivity index (χ3n) is 6.38. The maximum absolute atomic E-state index is 12.9. The molecule has 1 N–H and O–H groups in total. The van der Waals surface area contributed by atoms with E-state index in [1.165, 1.54) is 11.1 Å². The summed E-state index contributed by atoms with van der Waals surface area (Å²) >= 11 is 0. The second kappa shape index (κ2) is 7.79. The van der Waals surface area contributed by atoms with Gasteiger partial charge in [-0.3, -0.25) is 9.59 Å². The van der Waals surface area contributed by atoms with E-state index in [-0.39, 0.29) is 17.2 Å². The number of rotatable bonds is 3. The van der Waals surface area contributed by atoms with Crippen LogP contribution in [0.4, 0.5) is 0 Å². The van der Waals surface area contributed by atoms with Crippen LogP contribution in [-0.4, -0.2) is 58.5 Å². The van der Waals surface area contributed by atoms with Crippen molar-refractivity contribution in [2.45, 2.75) is 51.6 Å². The lowest BCUT2D eigenvalue weighted by Crippen LogP contribution is -2.53. The van der Waals surface area contributed by atoms with Crippen molar-refractivity contribution >= 4 is 11.8 Å². The SMILES string of the molecule is Cc1cc(-c2ccc(C(=O)N3CCN(C(=O)C4(O)CC4)CC3)cc2)cc(C(C)(C)C)c1. The van der Waals surface area contributed by atoms with Gasteiger partial charge >= 0.3 is 0 Å². The predicted molar refractivity (Wildman–Crippen MR) is 122 cm³/mol. The first-order valence-electron chi connectivity index (χ1n) is 11.1. The lowest BCUT2D eigenvalue weighted by atomic mass is 9.84. The standard InChI is InChI=1S/C26H32N2O3/c1-18-15-21(17-22(16-18)25(2,3)4)19-5-7-20(8-6-19)23(29)27-11-13-28(14-12-27)24(30)26(31)9-10-26/h5-8,15-17,31H,9-14H2,1-4H3. The number of piperazine rings is 1. The molecule has 0 spiro atoms. The normalized spacial score (nSPS) is 18.1. The Labute approximate surface area is 184 Å². The van der Waals surface area contributed by atoms with Crippen molar-refractivity contribution in [3.8, 4) is 11.1 Å². The number of benzene rings is 2. The van der Waals surface area contributed by atoms with Gasteiger partial charge in [0.1, 0.15) is 5.60 Å². The molecule has 0 bridgehead atoms. The Morgan fingerprint density at radius 3 is 2.00 bits per heavy atom. The van der Waals surface area contributed by atoms with Crippen LogP contribution in [0.3, 0.4) is 0 Å². The summed E-state index contributed by atoms with van der Waals surface area (Å²) in [5.41, 5.74) is 4.39. The molecule has 1 saturated heterocycles. The van der Waals surface area contributed by atoms with E-state index in [2.05, 4.69) is 45.9 Å². The largest absolute Gasteiger partial charge is 0.380 e. The molecule has 2 amide bonds. The van der Waals surface area contributed by atoms with Crippen molar-refractivity contribution in [3.63, 3.8) is 0 Å². The van der Waals surface area contributed by atoms with Crippen LogP contribution in [0, 0.1) is 6.92 Å². The molecule has 2 aliphatic rings. The minimum absolute atomic E-state index is 0.0107. The van der Waals surface area contributed by atoms with Crippen LogP contribution >= 0.6 is 0 Å². The predicted octanol–water partition coefficient (Wildman–Crippen LogP) is 3.77. The number of hydrogen-bond donors (Lipinski definition) is 1. The summed E-state index contributed by atoms with van der Waals surface area (Å²) in [5, 5.41) is 10.0. The number of amides is 2. The summed E-state index contributed by atoms with van der Waals surface area (Å²) in [4.78, 5) is 28.7. The van der Waals surface area contributed by atoms with Gasteiger partial charge in [-0.2, -0.15) is 0 Å². The second-order valence-electron chi connectivity index (χ2n) is 10.0. The molecule has 2 aromatic carbocycles. The smallest absolute Gasteiger partial charge is 0.254 e. The average molecular weight is 421 g/mol. The van der Waals surface area contributed by atoms with Crippen LogP contribution in [0.5, 0.6) is 0 Å². The number of hydrogen-bond acceptors (Lipinski definition) is 3. The van der Waals surface area contributed by atoms with E-state index in [9.17, 15) is 14.7 Å². The van der Waals surface area contributed by atoms with E-state index < -0.39 is 5.60 Å². The van der Waals surface area contributed by atoms with Gasteiger partial charge in [0.25, 0.3) is 11.8 Å². The number of nitrogens with zero attached hydrogens (tertiary/aromatic N) is 2. The Kier molecular flexibility index (Phi) is 5.42. The molecule has 0 radical (unpaired) electrons. The molecule has 1 aliphatic carbocycles. The lowest BCUT2D eigenvalue weighted by Gasteiger charge is -2.35. The highest BCUT2D eigenvalue weighted by Gasteiger charge is 2.50. The maximum Gasteiger partial charge on any atom is 0.254 e. The fourth-order valence-corrected chi connectivity index (χ4v) is 4.11. The third kappa shape index (κ3) is 4.52. The molecule has 1 heterocycles. The van der Waals surface area contributed by atoms with Gasteiger partial charge in [-0.05, 0) is 54.0 Å². The second-order valence-corrected chi connectivity index (χ2v) is 10.0. The highest BCUT2D eigenvalue weighted by Crippen LogP contribution is 2.37. The van der Waals surface area contributed by atoms with Crippen LogP contribution in [0.1, 0.15) is 55.1 Å². The zero-order chi connectivity index (χ0) is 22.4. The van der Waals surface area contributed by atoms with Crippen molar-refractivity contribution in [3.05, 3.63) is 59.2 Å². The zero-order valence-corrected chi connectivity index (χ0v) is 18.9. The summed E-state index contributed by atoms with van der Waals surface area (Å²) in [7, 11) is 0. The number of aliphatic hydroxyl groups is 1. The average Bonchev–Trinajstić information content (AvgIpc) is 3.50. The van der Waals surface area contributed by atoms with Gasteiger partial charge in [-0.15, -0.1) is 0 Å². The number of carbonyl (C=O) groups excluding carboxylic acids is 2. The summed E-state index contributed by atoms with van der Waals surface area (Å²) in [6.07, 6.45) is 1.10. The molecular weight excluding hydrogens is 388 g/mol. The molecule has 5 nitrogen and oxygen atoms in total. The van der Waals surface area contributed by atoms with Crippen molar-refractivity contribution in [2.75, 3.05) is 26.2 Å². The molecular formula is C26H32N2O3. The van der Waals surface area contributed by atoms with E-state index in [4.69, 9.17) is 0 Å². The minimum atomic E-state index is -1.13. The first-order valence-corrected chi connectivity index (χ1v) is 11.1. The molecule has 31 heavy (non-hydrogen) atoms. The molecule has 0 unspecified atom stereocenters. The monoisotopic (exact) mass is 420 g/mol. The van der Waals surface area contributed by atoms with Crippen LogP contribution in [0.15, 0.2) is 42.5 Å². The fraction of sp³-hybridized carbons (Fsp3) is 0.462. The fourth-order valence-electron chi connectivity index (χ4n) is 4.11. The van der Waals surface area contributed by atoms with Crippen molar-refractivity contribution < 1.29 is 14.7 Å². The topological polar surface area (TPSA) is 60.9 Å². The van der Waals surface area contributed by atoms with Crippen molar-refractivity contribution in [1.29, 1.82) is 0 Å². The van der Waals surface area contributed by atoms with Gasteiger partial charge in [-0.25, -0.2) is 0 Å². The first kappa shape index (κ1) is 21.6. The third-order valence-corrected chi connectivity index (χ3v) is 6.38. The molecule has 2 fully saturated rings.